The number of hydrogen-bond donors (Lipinski definition) is 1. The SMILES string of the molecule is CN(OS(=O)(=O)O)c1ccccc1. The van der Waals surface area contributed by atoms with E-state index in [2.05, 4.69) is 4.28 Å². The van der Waals surface area contributed by atoms with Gasteiger partial charge in [0.05, 0.1) is 5.69 Å². The van der Waals surface area contributed by atoms with Gasteiger partial charge in [-0.05, 0) is 12.1 Å². The molecule has 13 heavy (non-hydrogen) atoms. The fourth-order valence-corrected chi connectivity index (χ4v) is 1.19. The molecule has 0 amide bonds. The molecule has 1 N–H and O–H groups in total. The summed E-state index contributed by atoms with van der Waals surface area (Å²) in [5, 5.41) is 0.954. The molecule has 0 spiro atoms. The molecule has 0 saturated carbocycles. The van der Waals surface area contributed by atoms with Gasteiger partial charge in [-0.1, -0.05) is 18.2 Å². The third-order valence-corrected chi connectivity index (χ3v) is 1.74. The molecule has 0 saturated heterocycles. The molecule has 0 radical (unpaired) electrons. The minimum absolute atomic E-state index is 0.528. The van der Waals surface area contributed by atoms with E-state index in [1.807, 2.05) is 0 Å². The van der Waals surface area contributed by atoms with Crippen molar-refractivity contribution in [2.45, 2.75) is 0 Å². The molecule has 0 aromatic heterocycles. The Bertz CT molecular complexity index is 361. The average molecular weight is 203 g/mol. The van der Waals surface area contributed by atoms with Crippen LogP contribution >= 0.6 is 0 Å². The highest BCUT2D eigenvalue weighted by Gasteiger charge is 2.10. The van der Waals surface area contributed by atoms with Crippen molar-refractivity contribution in [3.63, 3.8) is 0 Å². The van der Waals surface area contributed by atoms with Crippen LogP contribution in [0.25, 0.3) is 0 Å². The van der Waals surface area contributed by atoms with Crippen molar-refractivity contribution in [2.24, 2.45) is 0 Å². The molecule has 72 valence electrons. The summed E-state index contributed by atoms with van der Waals surface area (Å²) < 4.78 is 33.2. The summed E-state index contributed by atoms with van der Waals surface area (Å²) in [6, 6.07) is 8.51. The monoisotopic (exact) mass is 203 g/mol. The maximum atomic E-state index is 10.3. The zero-order valence-electron chi connectivity index (χ0n) is 6.91. The fraction of sp³-hybridized carbons (Fsp3) is 0.143. The topological polar surface area (TPSA) is 66.8 Å². The van der Waals surface area contributed by atoms with E-state index < -0.39 is 10.4 Å². The molecule has 0 atom stereocenters. The predicted octanol–water partition coefficient (Wildman–Crippen LogP) is 0.857. The molecule has 1 rings (SSSR count). The van der Waals surface area contributed by atoms with E-state index in [4.69, 9.17) is 4.55 Å². The second kappa shape index (κ2) is 3.73. The van der Waals surface area contributed by atoms with Crippen LogP contribution in [0.5, 0.6) is 0 Å². The van der Waals surface area contributed by atoms with Crippen molar-refractivity contribution < 1.29 is 17.3 Å². The van der Waals surface area contributed by atoms with Crippen LogP contribution in [0.3, 0.4) is 0 Å². The van der Waals surface area contributed by atoms with E-state index in [1.165, 1.54) is 7.05 Å². The summed E-state index contributed by atoms with van der Waals surface area (Å²) >= 11 is 0. The first-order chi connectivity index (χ1) is 5.99. The lowest BCUT2D eigenvalue weighted by molar-refractivity contribution is 0.258. The molecular formula is C7H9NO4S. The molecular weight excluding hydrogens is 194 g/mol. The summed E-state index contributed by atoms with van der Waals surface area (Å²) in [4.78, 5) is 0. The Balaban J connectivity index is 2.76. The van der Waals surface area contributed by atoms with E-state index >= 15 is 0 Å². The summed E-state index contributed by atoms with van der Waals surface area (Å²) in [6.07, 6.45) is 0. The Morgan fingerprint density at radius 2 is 1.85 bits per heavy atom. The summed E-state index contributed by atoms with van der Waals surface area (Å²) in [6.45, 7) is 0. The van der Waals surface area contributed by atoms with Crippen molar-refractivity contribution in [1.82, 2.24) is 0 Å². The van der Waals surface area contributed by atoms with Gasteiger partial charge in [0.1, 0.15) is 0 Å². The van der Waals surface area contributed by atoms with Crippen LogP contribution in [0.1, 0.15) is 0 Å². The molecule has 0 unspecified atom stereocenters. The average Bonchev–Trinajstić information content (AvgIpc) is 2.03. The summed E-state index contributed by atoms with van der Waals surface area (Å²) in [5.74, 6) is 0. The Morgan fingerprint density at radius 1 is 1.31 bits per heavy atom. The molecule has 0 fully saturated rings. The number of hydrogen-bond acceptors (Lipinski definition) is 4. The highest BCUT2D eigenvalue weighted by Crippen LogP contribution is 2.12. The minimum Gasteiger partial charge on any atom is -0.262 e. The van der Waals surface area contributed by atoms with Crippen molar-refractivity contribution in [3.05, 3.63) is 30.3 Å². The van der Waals surface area contributed by atoms with Crippen molar-refractivity contribution in [2.75, 3.05) is 12.1 Å². The van der Waals surface area contributed by atoms with Crippen LogP contribution in [-0.4, -0.2) is 20.0 Å². The van der Waals surface area contributed by atoms with Crippen LogP contribution in [0.4, 0.5) is 5.69 Å². The zero-order valence-corrected chi connectivity index (χ0v) is 7.73. The Morgan fingerprint density at radius 3 is 2.31 bits per heavy atom. The molecule has 1 aromatic carbocycles. The van der Waals surface area contributed by atoms with Gasteiger partial charge >= 0.3 is 10.4 Å². The molecule has 0 aliphatic heterocycles. The molecule has 0 heterocycles. The standard InChI is InChI=1S/C7H9NO4S/c1-8(12-13(9,10)11)7-5-3-2-4-6-7/h2-6H,1H3,(H,9,10,11). The first-order valence-corrected chi connectivity index (χ1v) is 4.81. The highest BCUT2D eigenvalue weighted by molar-refractivity contribution is 7.80. The van der Waals surface area contributed by atoms with Crippen molar-refractivity contribution >= 4 is 16.1 Å². The number of para-hydroxylation sites is 1. The van der Waals surface area contributed by atoms with Gasteiger partial charge in [0.25, 0.3) is 0 Å². The summed E-state index contributed by atoms with van der Waals surface area (Å²) in [7, 11) is -3.07. The number of hydroxylamine groups is 1. The number of nitrogens with zero attached hydrogens (tertiary/aromatic N) is 1. The predicted molar refractivity (Wildman–Crippen MR) is 47.5 cm³/mol. The number of anilines is 1. The Hall–Kier alpha value is -1.11. The van der Waals surface area contributed by atoms with E-state index in [0.717, 1.165) is 5.06 Å². The normalized spacial score (nSPS) is 11.2. The lowest BCUT2D eigenvalue weighted by atomic mass is 10.3. The quantitative estimate of drug-likeness (QED) is 0.583. The third kappa shape index (κ3) is 3.41. The first-order valence-electron chi connectivity index (χ1n) is 3.45. The third-order valence-electron chi connectivity index (χ3n) is 1.33. The largest absolute Gasteiger partial charge is 0.418 e. The zero-order chi connectivity index (χ0) is 9.90. The minimum atomic E-state index is -4.45. The van der Waals surface area contributed by atoms with E-state index in [1.54, 1.807) is 30.3 Å². The van der Waals surface area contributed by atoms with E-state index in [0.29, 0.717) is 5.69 Å². The lowest BCUT2D eigenvalue weighted by Crippen LogP contribution is -2.21. The van der Waals surface area contributed by atoms with Crippen LogP contribution in [0.15, 0.2) is 30.3 Å². The Kier molecular flexibility index (Phi) is 2.86. The number of rotatable bonds is 3. The van der Waals surface area contributed by atoms with Gasteiger partial charge in [0, 0.05) is 7.05 Å². The van der Waals surface area contributed by atoms with Crippen LogP contribution in [0.2, 0.25) is 0 Å². The second-order valence-corrected chi connectivity index (χ2v) is 3.34. The highest BCUT2D eigenvalue weighted by atomic mass is 32.3. The molecule has 0 bridgehead atoms. The summed E-state index contributed by atoms with van der Waals surface area (Å²) in [5.41, 5.74) is 0.528. The van der Waals surface area contributed by atoms with Crippen molar-refractivity contribution in [1.29, 1.82) is 0 Å². The maximum Gasteiger partial charge on any atom is 0.418 e. The van der Waals surface area contributed by atoms with Crippen LogP contribution in [-0.2, 0) is 14.7 Å². The first kappa shape index (κ1) is 9.97. The van der Waals surface area contributed by atoms with Crippen molar-refractivity contribution in [3.8, 4) is 0 Å². The van der Waals surface area contributed by atoms with Crippen LogP contribution < -0.4 is 5.06 Å². The maximum absolute atomic E-state index is 10.3. The molecule has 0 aliphatic rings. The van der Waals surface area contributed by atoms with Gasteiger partial charge in [-0.15, -0.1) is 4.28 Å². The fourth-order valence-electron chi connectivity index (χ4n) is 0.822. The lowest BCUT2D eigenvalue weighted by Gasteiger charge is -2.14. The van der Waals surface area contributed by atoms with E-state index in [9.17, 15) is 8.42 Å². The van der Waals surface area contributed by atoms with Crippen LogP contribution in [0, 0.1) is 0 Å². The van der Waals surface area contributed by atoms with Gasteiger partial charge in [0.2, 0.25) is 0 Å². The number of benzene rings is 1. The molecule has 5 nitrogen and oxygen atoms in total. The molecule has 1 aromatic rings. The Labute approximate surface area is 76.5 Å². The van der Waals surface area contributed by atoms with E-state index in [-0.39, 0.29) is 0 Å². The molecule has 0 aliphatic carbocycles. The van der Waals surface area contributed by atoms with Gasteiger partial charge in [0.15, 0.2) is 0 Å². The van der Waals surface area contributed by atoms with Gasteiger partial charge in [-0.3, -0.25) is 4.55 Å². The van der Waals surface area contributed by atoms with Gasteiger partial charge in [-0.25, -0.2) is 5.06 Å². The smallest absolute Gasteiger partial charge is 0.262 e. The van der Waals surface area contributed by atoms with Gasteiger partial charge in [-0.2, -0.15) is 8.42 Å². The second-order valence-electron chi connectivity index (χ2n) is 2.34. The molecule has 6 heteroatoms. The van der Waals surface area contributed by atoms with Gasteiger partial charge < -0.3 is 0 Å².